The Bertz CT molecular complexity index is 4010. The summed E-state index contributed by atoms with van der Waals surface area (Å²) in [7, 11) is 0.753. The van der Waals surface area contributed by atoms with Gasteiger partial charge >= 0.3 is 0 Å². The van der Waals surface area contributed by atoms with Gasteiger partial charge in [0.05, 0.1) is 5.52 Å². The van der Waals surface area contributed by atoms with Gasteiger partial charge in [-0.1, -0.05) is 187 Å². The van der Waals surface area contributed by atoms with Crippen LogP contribution in [-0.2, 0) is 16.2 Å². The maximum atomic E-state index is 7.07. The minimum atomic E-state index is -0.154. The topological polar surface area (TPSA) is 30.1 Å². The van der Waals surface area contributed by atoms with Crippen molar-refractivity contribution < 1.29 is 4.42 Å². The van der Waals surface area contributed by atoms with Crippen molar-refractivity contribution in [1.82, 2.24) is 4.57 Å². The molecule has 70 heavy (non-hydrogen) atoms. The number of anilines is 2. The van der Waals surface area contributed by atoms with E-state index < -0.39 is 0 Å². The molecular weight excluding hydrogens is 848 g/mol. The summed E-state index contributed by atoms with van der Waals surface area (Å²) < 4.78 is 9.69. The fourth-order valence-electron chi connectivity index (χ4n) is 12.7. The molecule has 0 atom stereocenters. The van der Waals surface area contributed by atoms with Crippen molar-refractivity contribution in [2.75, 3.05) is 5.32 Å². The summed E-state index contributed by atoms with van der Waals surface area (Å²) >= 11 is 0. The third-order valence-corrected chi connectivity index (χ3v) is 16.4. The molecule has 2 aromatic heterocycles. The Hall–Kier alpha value is -7.82. The number of rotatable bonds is 5. The Balaban J connectivity index is 1.07. The average Bonchev–Trinajstić information content (AvgIpc) is 4.04. The highest BCUT2D eigenvalue weighted by molar-refractivity contribution is 6.73. The number of benzene rings is 9. The maximum absolute atomic E-state index is 7.07. The lowest BCUT2D eigenvalue weighted by Crippen LogP contribution is -2.37. The first-order chi connectivity index (χ1) is 33.8. The van der Waals surface area contributed by atoms with Crippen molar-refractivity contribution in [2.24, 2.45) is 0 Å². The second-order valence-corrected chi connectivity index (χ2v) is 22.2. The van der Waals surface area contributed by atoms with E-state index in [1.807, 2.05) is 0 Å². The zero-order chi connectivity index (χ0) is 47.4. The van der Waals surface area contributed by atoms with Gasteiger partial charge in [0.15, 0.2) is 7.28 Å². The van der Waals surface area contributed by atoms with E-state index in [1.54, 1.807) is 0 Å². The molecule has 4 heteroatoms. The predicted octanol–water partition coefficient (Wildman–Crippen LogP) is 15.9. The average molecular weight is 901 g/mol. The summed E-state index contributed by atoms with van der Waals surface area (Å²) in [4.78, 5) is 0. The molecule has 336 valence electrons. The minimum absolute atomic E-state index is 0.0621. The second-order valence-electron chi connectivity index (χ2n) is 22.2. The van der Waals surface area contributed by atoms with Crippen LogP contribution in [0.25, 0.3) is 94.3 Å². The van der Waals surface area contributed by atoms with Crippen LogP contribution in [0.1, 0.15) is 76.3 Å². The van der Waals surface area contributed by atoms with Gasteiger partial charge in [-0.15, -0.1) is 0 Å². The van der Waals surface area contributed by atoms with Gasteiger partial charge in [-0.2, -0.15) is 0 Å². The molecule has 0 bridgehead atoms. The van der Waals surface area contributed by atoms with Crippen molar-refractivity contribution in [1.29, 1.82) is 0 Å². The number of aromatic nitrogens is 1. The SMILES string of the molecule is CC(C)(C)c1ccc(Nc2cc3c(cc2-c2ccc4c5cc6c(cc5n5c4c2Bc2cc4oc(-c7ccccc7)c(-c7ccccc7)c4cc2-5)C(C)(C)c2ccccc2-6)-c2ccccc2C3(C)C)cc1. The van der Waals surface area contributed by atoms with Gasteiger partial charge in [0.2, 0.25) is 0 Å². The fourth-order valence-corrected chi connectivity index (χ4v) is 12.7. The summed E-state index contributed by atoms with van der Waals surface area (Å²) in [5, 5.41) is 7.70. The van der Waals surface area contributed by atoms with Crippen LogP contribution in [0.3, 0.4) is 0 Å². The Labute approximate surface area is 410 Å². The summed E-state index contributed by atoms with van der Waals surface area (Å²) in [6.07, 6.45) is 0. The van der Waals surface area contributed by atoms with Crippen molar-refractivity contribution in [3.63, 3.8) is 0 Å². The lowest BCUT2D eigenvalue weighted by Gasteiger charge is -2.26. The lowest BCUT2D eigenvalue weighted by molar-refractivity contribution is 0.590. The normalized spacial score (nSPS) is 14.6. The first-order valence-electron chi connectivity index (χ1n) is 25.0. The van der Waals surface area contributed by atoms with E-state index in [-0.39, 0.29) is 16.2 Å². The largest absolute Gasteiger partial charge is 0.455 e. The monoisotopic (exact) mass is 900 g/mol. The van der Waals surface area contributed by atoms with Crippen molar-refractivity contribution >= 4 is 62.4 Å². The number of hydrogen-bond acceptors (Lipinski definition) is 2. The van der Waals surface area contributed by atoms with Crippen LogP contribution in [0.2, 0.25) is 0 Å². The summed E-state index contributed by atoms with van der Waals surface area (Å²) in [5.74, 6) is 0.898. The van der Waals surface area contributed by atoms with Gasteiger partial charge in [-0.05, 0) is 121 Å². The zero-order valence-electron chi connectivity index (χ0n) is 40.9. The van der Waals surface area contributed by atoms with Crippen molar-refractivity contribution in [3.8, 4) is 61.5 Å². The van der Waals surface area contributed by atoms with Crippen molar-refractivity contribution in [3.05, 3.63) is 210 Å². The van der Waals surface area contributed by atoms with Gasteiger partial charge in [0, 0.05) is 66.3 Å². The molecule has 0 saturated carbocycles. The quantitative estimate of drug-likeness (QED) is 0.174. The molecule has 0 spiro atoms. The third-order valence-electron chi connectivity index (χ3n) is 16.4. The molecule has 3 aliphatic rings. The van der Waals surface area contributed by atoms with Gasteiger partial charge in [-0.25, -0.2) is 0 Å². The molecule has 0 amide bonds. The molecule has 0 radical (unpaired) electrons. The second kappa shape index (κ2) is 14.4. The number of nitrogens with zero attached hydrogens (tertiary/aromatic N) is 1. The third kappa shape index (κ3) is 5.77. The van der Waals surface area contributed by atoms with E-state index >= 15 is 0 Å². The minimum Gasteiger partial charge on any atom is -0.455 e. The Kier molecular flexibility index (Phi) is 8.45. The van der Waals surface area contributed by atoms with Crippen LogP contribution >= 0.6 is 0 Å². The van der Waals surface area contributed by atoms with Gasteiger partial charge < -0.3 is 14.3 Å². The Morgan fingerprint density at radius 3 is 1.79 bits per heavy atom. The molecule has 14 rings (SSSR count). The Morgan fingerprint density at radius 2 is 1.11 bits per heavy atom. The first kappa shape index (κ1) is 41.2. The molecule has 0 unspecified atom stereocenters. The van der Waals surface area contributed by atoms with Crippen LogP contribution in [0, 0.1) is 0 Å². The molecule has 3 heterocycles. The molecule has 1 N–H and O–H groups in total. The standard InChI is InChI=1S/C66H53BN2O/c1-64(2,3)40-26-28-41(29-27-40)68-56-35-53-46(42-22-14-16-24-51(42)65(53,4)5)32-48(56)44-30-31-45-49-33-47-43-23-15-17-25-52(43)66(6,7)54(47)36-57(49)69-58-34-50-59(37-55(58)67-61(44)62(45)69)70-63(39-20-12-9-13-21-39)60(50)38-18-10-8-11-19-38/h8-37,67-68H,1-7H3. The van der Waals surface area contributed by atoms with Crippen LogP contribution in [0.15, 0.2) is 186 Å². The van der Waals surface area contributed by atoms with Gasteiger partial charge in [0.25, 0.3) is 0 Å². The van der Waals surface area contributed by atoms with E-state index in [9.17, 15) is 0 Å². The molecule has 11 aromatic rings. The van der Waals surface area contributed by atoms with Crippen molar-refractivity contribution in [2.45, 2.75) is 64.7 Å². The molecule has 3 nitrogen and oxygen atoms in total. The summed E-state index contributed by atoms with van der Waals surface area (Å²) in [6, 6.07) is 68.1. The smallest absolute Gasteiger partial charge is 0.198 e. The number of fused-ring (bicyclic) bond motifs is 12. The molecular formula is C66H53BN2O. The Morgan fingerprint density at radius 1 is 0.500 bits per heavy atom. The molecule has 9 aromatic carbocycles. The highest BCUT2D eigenvalue weighted by Gasteiger charge is 2.39. The van der Waals surface area contributed by atoms with E-state index in [0.717, 1.165) is 52.1 Å². The molecule has 2 aliphatic carbocycles. The van der Waals surface area contributed by atoms with Gasteiger partial charge in [0.1, 0.15) is 11.3 Å². The molecule has 1 aliphatic heterocycles. The predicted molar refractivity (Wildman–Crippen MR) is 297 cm³/mol. The maximum Gasteiger partial charge on any atom is 0.198 e. The molecule has 0 saturated heterocycles. The zero-order valence-corrected chi connectivity index (χ0v) is 40.9. The number of furan rings is 1. The highest BCUT2D eigenvalue weighted by Crippen LogP contribution is 2.54. The van der Waals surface area contributed by atoms with E-state index in [2.05, 4.69) is 240 Å². The highest BCUT2D eigenvalue weighted by atomic mass is 16.3. The number of hydrogen-bond donors (Lipinski definition) is 1. The van der Waals surface area contributed by atoms with E-state index in [4.69, 9.17) is 4.42 Å². The molecule has 0 fully saturated rings. The van der Waals surface area contributed by atoms with Gasteiger partial charge in [-0.3, -0.25) is 0 Å². The van der Waals surface area contributed by atoms with Crippen LogP contribution in [0.4, 0.5) is 11.4 Å². The summed E-state index contributed by atoms with van der Waals surface area (Å²) in [5.41, 5.74) is 27.1. The van der Waals surface area contributed by atoms with E-state index in [1.165, 1.54) is 99.6 Å². The fraction of sp³-hybridized carbons (Fsp3) is 0.152. The lowest BCUT2D eigenvalue weighted by atomic mass is 9.59. The first-order valence-corrected chi connectivity index (χ1v) is 25.0. The number of nitrogens with one attached hydrogen (secondary N) is 1. The van der Waals surface area contributed by atoms with Crippen LogP contribution in [-0.4, -0.2) is 11.8 Å². The van der Waals surface area contributed by atoms with Crippen LogP contribution in [0.5, 0.6) is 0 Å². The van der Waals surface area contributed by atoms with Crippen LogP contribution < -0.4 is 16.2 Å². The summed E-state index contributed by atoms with van der Waals surface area (Å²) in [6.45, 7) is 16.4. The van der Waals surface area contributed by atoms with E-state index in [0.29, 0.717) is 0 Å².